The van der Waals surface area contributed by atoms with Crippen LogP contribution in [0, 0.1) is 5.92 Å². The molecule has 0 fully saturated rings. The topological polar surface area (TPSA) is 26.3 Å². The van der Waals surface area contributed by atoms with Gasteiger partial charge in [-0.2, -0.15) is 0 Å². The Balaban J connectivity index is 3.93. The van der Waals surface area contributed by atoms with Crippen LogP contribution in [0.3, 0.4) is 0 Å². The van der Waals surface area contributed by atoms with Crippen LogP contribution in [0.15, 0.2) is 0 Å². The molecule has 0 N–H and O–H groups in total. The summed E-state index contributed by atoms with van der Waals surface area (Å²) in [6, 6.07) is 0. The van der Waals surface area contributed by atoms with Gasteiger partial charge in [0, 0.05) is 0 Å². The minimum atomic E-state index is -0.900. The Morgan fingerprint density at radius 2 is 1.73 bits per heavy atom. The molecule has 0 spiro atoms. The molecule has 0 radical (unpaired) electrons. The minimum absolute atomic E-state index is 0.318. The second kappa shape index (κ2) is 7.10. The third kappa shape index (κ3) is 6.77. The summed E-state index contributed by atoms with van der Waals surface area (Å²) in [6.45, 7) is 8.12. The van der Waals surface area contributed by atoms with Crippen molar-refractivity contribution in [2.24, 2.45) is 5.92 Å². The molecule has 0 saturated heterocycles. The van der Waals surface area contributed by atoms with Gasteiger partial charge in [0.05, 0.1) is 6.61 Å². The van der Waals surface area contributed by atoms with Crippen LogP contribution in [0.1, 0.15) is 53.4 Å². The molecule has 0 amide bonds. The summed E-state index contributed by atoms with van der Waals surface area (Å²) in [4.78, 5) is 10.5. The number of ether oxygens (including phenoxy) is 1. The van der Waals surface area contributed by atoms with Crippen molar-refractivity contribution < 1.29 is 9.53 Å². The molecule has 0 rings (SSSR count). The van der Waals surface area contributed by atoms with Gasteiger partial charge >= 0.3 is 5.97 Å². The number of rotatable bonds is 7. The summed E-state index contributed by atoms with van der Waals surface area (Å²) < 4.78 is 5.20. The van der Waals surface area contributed by atoms with Gasteiger partial charge in [0.1, 0.15) is 4.87 Å². The van der Waals surface area contributed by atoms with E-state index in [9.17, 15) is 4.79 Å². The molecular formula is C12H23ClO2. The number of carbonyl (C=O) groups is 1. The van der Waals surface area contributed by atoms with Crippen LogP contribution in [0.25, 0.3) is 0 Å². The lowest BCUT2D eigenvalue weighted by Gasteiger charge is -2.19. The third-order valence-corrected chi connectivity index (χ3v) is 2.48. The monoisotopic (exact) mass is 234 g/mol. The highest BCUT2D eigenvalue weighted by atomic mass is 35.5. The van der Waals surface area contributed by atoms with Crippen molar-refractivity contribution in [2.45, 2.75) is 58.3 Å². The summed E-state index contributed by atoms with van der Waals surface area (Å²) in [6.07, 6.45) is 4.49. The zero-order chi connectivity index (χ0) is 11.9. The molecule has 0 aliphatic rings. The van der Waals surface area contributed by atoms with Crippen molar-refractivity contribution in [1.29, 1.82) is 0 Å². The standard InChI is InChI=1S/C12H23ClO2/c1-5-7-10(8-6-2)9-15-11(14)12(3,4)13/h10H,5-9H2,1-4H3. The molecule has 0 atom stereocenters. The molecule has 0 aromatic heterocycles. The molecule has 0 saturated carbocycles. The van der Waals surface area contributed by atoms with E-state index in [1.165, 1.54) is 0 Å². The van der Waals surface area contributed by atoms with E-state index in [1.54, 1.807) is 13.8 Å². The van der Waals surface area contributed by atoms with Crippen LogP contribution in [0.4, 0.5) is 0 Å². The molecule has 15 heavy (non-hydrogen) atoms. The molecule has 3 heteroatoms. The Morgan fingerprint density at radius 1 is 1.27 bits per heavy atom. The molecule has 0 aromatic rings. The van der Waals surface area contributed by atoms with Crippen molar-refractivity contribution >= 4 is 17.6 Å². The molecule has 0 aliphatic heterocycles. The zero-order valence-electron chi connectivity index (χ0n) is 10.3. The average molecular weight is 235 g/mol. The van der Waals surface area contributed by atoms with Gasteiger partial charge in [-0.1, -0.05) is 26.7 Å². The lowest BCUT2D eigenvalue weighted by atomic mass is 9.99. The second-order valence-corrected chi connectivity index (χ2v) is 5.46. The maximum absolute atomic E-state index is 11.4. The number of hydrogen-bond acceptors (Lipinski definition) is 2. The lowest BCUT2D eigenvalue weighted by Crippen LogP contribution is -2.29. The highest BCUT2D eigenvalue weighted by Crippen LogP contribution is 2.18. The molecule has 0 aliphatic carbocycles. The van der Waals surface area contributed by atoms with E-state index in [4.69, 9.17) is 16.3 Å². The maximum Gasteiger partial charge on any atom is 0.326 e. The number of halogens is 1. The van der Waals surface area contributed by atoms with E-state index in [1.807, 2.05) is 0 Å². The predicted octanol–water partition coefficient (Wildman–Crippen LogP) is 3.76. The summed E-state index contributed by atoms with van der Waals surface area (Å²) in [7, 11) is 0. The van der Waals surface area contributed by atoms with Crippen molar-refractivity contribution in [3.8, 4) is 0 Å². The molecule has 0 unspecified atom stereocenters. The Kier molecular flexibility index (Phi) is 6.99. The second-order valence-electron chi connectivity index (χ2n) is 4.51. The van der Waals surface area contributed by atoms with Gasteiger partial charge in [-0.3, -0.25) is 4.79 Å². The van der Waals surface area contributed by atoms with E-state index in [-0.39, 0.29) is 5.97 Å². The van der Waals surface area contributed by atoms with Gasteiger partial charge in [-0.15, -0.1) is 11.6 Å². The quantitative estimate of drug-likeness (QED) is 0.495. The van der Waals surface area contributed by atoms with Gasteiger partial charge in [-0.05, 0) is 32.6 Å². The van der Waals surface area contributed by atoms with E-state index in [2.05, 4.69) is 13.8 Å². The third-order valence-electron chi connectivity index (χ3n) is 2.33. The Labute approximate surface area is 98.3 Å². The van der Waals surface area contributed by atoms with Gasteiger partial charge in [0.15, 0.2) is 0 Å². The maximum atomic E-state index is 11.4. The van der Waals surface area contributed by atoms with E-state index < -0.39 is 4.87 Å². The molecule has 2 nitrogen and oxygen atoms in total. The molecular weight excluding hydrogens is 212 g/mol. The van der Waals surface area contributed by atoms with Crippen LogP contribution in [-0.4, -0.2) is 17.5 Å². The van der Waals surface area contributed by atoms with Crippen LogP contribution < -0.4 is 0 Å². The lowest BCUT2D eigenvalue weighted by molar-refractivity contribution is -0.147. The Morgan fingerprint density at radius 3 is 2.07 bits per heavy atom. The van der Waals surface area contributed by atoms with Crippen LogP contribution in [-0.2, 0) is 9.53 Å². The largest absolute Gasteiger partial charge is 0.464 e. The van der Waals surface area contributed by atoms with Crippen molar-refractivity contribution in [3.63, 3.8) is 0 Å². The summed E-state index contributed by atoms with van der Waals surface area (Å²) in [5, 5.41) is 0. The van der Waals surface area contributed by atoms with E-state index >= 15 is 0 Å². The molecule has 0 bridgehead atoms. The first-order valence-electron chi connectivity index (χ1n) is 5.77. The van der Waals surface area contributed by atoms with E-state index in [0.717, 1.165) is 25.7 Å². The van der Waals surface area contributed by atoms with Crippen molar-refractivity contribution in [1.82, 2.24) is 0 Å². The molecule has 90 valence electrons. The fourth-order valence-corrected chi connectivity index (χ4v) is 1.55. The van der Waals surface area contributed by atoms with Gasteiger partial charge in [0.25, 0.3) is 0 Å². The zero-order valence-corrected chi connectivity index (χ0v) is 11.1. The highest BCUT2D eigenvalue weighted by molar-refractivity contribution is 6.33. The van der Waals surface area contributed by atoms with Crippen molar-refractivity contribution in [3.05, 3.63) is 0 Å². The SMILES string of the molecule is CCCC(CCC)COC(=O)C(C)(C)Cl. The van der Waals surface area contributed by atoms with Crippen molar-refractivity contribution in [2.75, 3.05) is 6.61 Å². The fourth-order valence-electron chi connectivity index (χ4n) is 1.49. The average Bonchev–Trinajstić information content (AvgIpc) is 2.12. The van der Waals surface area contributed by atoms with E-state index in [0.29, 0.717) is 12.5 Å². The first kappa shape index (κ1) is 14.8. The van der Waals surface area contributed by atoms with Crippen LogP contribution in [0.2, 0.25) is 0 Å². The Bertz CT molecular complexity index is 179. The predicted molar refractivity (Wildman–Crippen MR) is 64.2 cm³/mol. The summed E-state index contributed by atoms with van der Waals surface area (Å²) in [5.41, 5.74) is 0. The van der Waals surface area contributed by atoms with Gasteiger partial charge < -0.3 is 4.74 Å². The van der Waals surface area contributed by atoms with Gasteiger partial charge in [-0.25, -0.2) is 0 Å². The van der Waals surface area contributed by atoms with Crippen LogP contribution >= 0.6 is 11.6 Å². The van der Waals surface area contributed by atoms with Gasteiger partial charge in [0.2, 0.25) is 0 Å². The highest BCUT2D eigenvalue weighted by Gasteiger charge is 2.26. The summed E-state index contributed by atoms with van der Waals surface area (Å²) >= 11 is 5.85. The smallest absolute Gasteiger partial charge is 0.326 e. The Hall–Kier alpha value is -0.240. The summed E-state index contributed by atoms with van der Waals surface area (Å²) in [5.74, 6) is 0.171. The number of hydrogen-bond donors (Lipinski definition) is 0. The first-order chi connectivity index (χ1) is 6.91. The first-order valence-corrected chi connectivity index (χ1v) is 6.15. The number of alkyl halides is 1. The number of esters is 1. The van der Waals surface area contributed by atoms with Crippen LogP contribution in [0.5, 0.6) is 0 Å². The molecule has 0 aromatic carbocycles. The minimum Gasteiger partial charge on any atom is -0.464 e. The molecule has 0 heterocycles. The normalized spacial score (nSPS) is 11.9. The number of carbonyl (C=O) groups excluding carboxylic acids is 1. The fraction of sp³-hybridized carbons (Fsp3) is 0.917.